The first kappa shape index (κ1) is 11.9. The Morgan fingerprint density at radius 2 is 2.35 bits per heavy atom. The molecule has 2 aromatic heterocycles. The van der Waals surface area contributed by atoms with E-state index in [0.29, 0.717) is 13.0 Å². The molecule has 0 radical (unpaired) electrons. The van der Waals surface area contributed by atoms with Crippen molar-refractivity contribution in [3.8, 4) is 0 Å². The first-order valence-corrected chi connectivity index (χ1v) is 6.24. The van der Waals surface area contributed by atoms with Crippen LogP contribution in [-0.4, -0.2) is 12.5 Å². The van der Waals surface area contributed by atoms with E-state index >= 15 is 0 Å². The van der Waals surface area contributed by atoms with E-state index in [2.05, 4.69) is 5.32 Å². The van der Waals surface area contributed by atoms with Crippen LogP contribution in [0.2, 0.25) is 0 Å². The van der Waals surface area contributed by atoms with Crippen molar-refractivity contribution in [2.45, 2.75) is 12.5 Å². The Bertz CT molecular complexity index is 451. The van der Waals surface area contributed by atoms with E-state index in [1.807, 2.05) is 29.6 Å². The standard InChI is InChI=1S/C12H14N2O2S/c13-11(10-4-2-8-17-10)12(15)14-6-5-9-3-1-7-16-9/h1-4,7-8,11H,5-6,13H2,(H,14,15). The van der Waals surface area contributed by atoms with Crippen LogP contribution in [0.1, 0.15) is 16.7 Å². The van der Waals surface area contributed by atoms with Crippen molar-refractivity contribution in [1.29, 1.82) is 0 Å². The molecule has 2 rings (SSSR count). The fourth-order valence-electron chi connectivity index (χ4n) is 1.47. The molecule has 0 spiro atoms. The maximum absolute atomic E-state index is 11.7. The second kappa shape index (κ2) is 5.65. The van der Waals surface area contributed by atoms with E-state index in [4.69, 9.17) is 10.2 Å². The van der Waals surface area contributed by atoms with Crippen molar-refractivity contribution in [2.75, 3.05) is 6.54 Å². The zero-order chi connectivity index (χ0) is 12.1. The summed E-state index contributed by atoms with van der Waals surface area (Å²) in [5.41, 5.74) is 5.82. The fraction of sp³-hybridized carbons (Fsp3) is 0.250. The first-order valence-electron chi connectivity index (χ1n) is 5.36. The van der Waals surface area contributed by atoms with Crippen molar-refractivity contribution >= 4 is 17.2 Å². The normalized spacial score (nSPS) is 12.3. The molecule has 0 aliphatic rings. The first-order chi connectivity index (χ1) is 8.27. The lowest BCUT2D eigenvalue weighted by Crippen LogP contribution is -2.34. The van der Waals surface area contributed by atoms with Gasteiger partial charge in [-0.2, -0.15) is 0 Å². The number of hydrogen-bond acceptors (Lipinski definition) is 4. The van der Waals surface area contributed by atoms with Gasteiger partial charge in [0.1, 0.15) is 11.8 Å². The third kappa shape index (κ3) is 3.18. The predicted octanol–water partition coefficient (Wildman–Crippen LogP) is 1.70. The summed E-state index contributed by atoms with van der Waals surface area (Å²) >= 11 is 1.49. The number of carbonyl (C=O) groups excluding carboxylic acids is 1. The molecule has 1 atom stereocenters. The van der Waals surface area contributed by atoms with E-state index in [9.17, 15) is 4.79 Å². The Labute approximate surface area is 103 Å². The molecule has 0 bridgehead atoms. The van der Waals surface area contributed by atoms with Gasteiger partial charge < -0.3 is 15.5 Å². The lowest BCUT2D eigenvalue weighted by molar-refractivity contribution is -0.122. The molecule has 0 saturated carbocycles. The molecular formula is C12H14N2O2S. The maximum atomic E-state index is 11.7. The minimum Gasteiger partial charge on any atom is -0.469 e. The molecule has 0 aliphatic heterocycles. The van der Waals surface area contributed by atoms with Gasteiger partial charge in [0.15, 0.2) is 0 Å². The van der Waals surface area contributed by atoms with Crippen LogP contribution in [0, 0.1) is 0 Å². The average molecular weight is 250 g/mol. The van der Waals surface area contributed by atoms with E-state index < -0.39 is 6.04 Å². The summed E-state index contributed by atoms with van der Waals surface area (Å²) < 4.78 is 5.17. The van der Waals surface area contributed by atoms with Crippen LogP contribution < -0.4 is 11.1 Å². The molecule has 90 valence electrons. The molecule has 2 aromatic rings. The van der Waals surface area contributed by atoms with Crippen molar-refractivity contribution in [3.63, 3.8) is 0 Å². The minimum absolute atomic E-state index is 0.154. The highest BCUT2D eigenvalue weighted by atomic mass is 32.1. The quantitative estimate of drug-likeness (QED) is 0.848. The summed E-state index contributed by atoms with van der Waals surface area (Å²) in [6.07, 6.45) is 2.30. The average Bonchev–Trinajstić information content (AvgIpc) is 3.00. The molecule has 4 nitrogen and oxygen atoms in total. The number of carbonyl (C=O) groups is 1. The van der Waals surface area contributed by atoms with Gasteiger partial charge >= 0.3 is 0 Å². The third-order valence-electron chi connectivity index (χ3n) is 2.38. The zero-order valence-corrected chi connectivity index (χ0v) is 10.1. The van der Waals surface area contributed by atoms with Gasteiger partial charge in [-0.05, 0) is 23.6 Å². The second-order valence-corrected chi connectivity index (χ2v) is 4.59. The SMILES string of the molecule is NC(C(=O)NCCc1ccco1)c1cccs1. The van der Waals surface area contributed by atoms with Gasteiger partial charge in [-0.3, -0.25) is 4.79 Å². The van der Waals surface area contributed by atoms with Gasteiger partial charge in [0, 0.05) is 17.8 Å². The molecule has 0 aromatic carbocycles. The molecule has 1 amide bonds. The highest BCUT2D eigenvalue weighted by Gasteiger charge is 2.15. The van der Waals surface area contributed by atoms with Gasteiger partial charge in [0.25, 0.3) is 0 Å². The van der Waals surface area contributed by atoms with E-state index in [-0.39, 0.29) is 5.91 Å². The smallest absolute Gasteiger partial charge is 0.242 e. The van der Waals surface area contributed by atoms with Crippen LogP contribution in [0.3, 0.4) is 0 Å². The summed E-state index contributed by atoms with van der Waals surface area (Å²) in [5.74, 6) is 0.703. The number of furan rings is 1. The van der Waals surface area contributed by atoms with Crippen LogP contribution in [0.15, 0.2) is 40.3 Å². The molecule has 5 heteroatoms. The van der Waals surface area contributed by atoms with Crippen LogP contribution in [0.25, 0.3) is 0 Å². The Hall–Kier alpha value is -1.59. The maximum Gasteiger partial charge on any atom is 0.242 e. The molecule has 1 unspecified atom stereocenters. The summed E-state index contributed by atoms with van der Waals surface area (Å²) in [7, 11) is 0. The van der Waals surface area contributed by atoms with Crippen molar-refractivity contribution in [2.24, 2.45) is 5.73 Å². The number of rotatable bonds is 5. The van der Waals surface area contributed by atoms with Gasteiger partial charge in [0.05, 0.1) is 6.26 Å². The largest absolute Gasteiger partial charge is 0.469 e. The summed E-state index contributed by atoms with van der Waals surface area (Å²) in [5, 5.41) is 4.70. The van der Waals surface area contributed by atoms with Crippen molar-refractivity contribution < 1.29 is 9.21 Å². The summed E-state index contributed by atoms with van der Waals surface area (Å²) in [6, 6.07) is 6.88. The van der Waals surface area contributed by atoms with E-state index in [1.165, 1.54) is 11.3 Å². The Morgan fingerprint density at radius 3 is 3.00 bits per heavy atom. The van der Waals surface area contributed by atoms with Gasteiger partial charge in [-0.15, -0.1) is 11.3 Å². The second-order valence-electron chi connectivity index (χ2n) is 3.61. The number of amides is 1. The monoisotopic (exact) mass is 250 g/mol. The molecule has 17 heavy (non-hydrogen) atoms. The molecule has 0 saturated heterocycles. The Kier molecular flexibility index (Phi) is 3.95. The summed E-state index contributed by atoms with van der Waals surface area (Å²) in [4.78, 5) is 12.6. The Balaban J connectivity index is 1.77. The van der Waals surface area contributed by atoms with E-state index in [1.54, 1.807) is 6.26 Å². The number of nitrogens with two attached hydrogens (primary N) is 1. The van der Waals surface area contributed by atoms with E-state index in [0.717, 1.165) is 10.6 Å². The topological polar surface area (TPSA) is 68.3 Å². The minimum atomic E-state index is -0.577. The lowest BCUT2D eigenvalue weighted by Gasteiger charge is -2.09. The highest BCUT2D eigenvalue weighted by molar-refractivity contribution is 7.10. The van der Waals surface area contributed by atoms with Crippen LogP contribution in [0.5, 0.6) is 0 Å². The third-order valence-corrected chi connectivity index (χ3v) is 3.34. The van der Waals surface area contributed by atoms with Gasteiger partial charge in [-0.1, -0.05) is 6.07 Å². The molecule has 2 heterocycles. The summed E-state index contributed by atoms with van der Waals surface area (Å²) in [6.45, 7) is 0.533. The lowest BCUT2D eigenvalue weighted by atomic mass is 10.2. The van der Waals surface area contributed by atoms with Gasteiger partial charge in [0.2, 0.25) is 5.91 Å². The molecule has 0 fully saturated rings. The van der Waals surface area contributed by atoms with Crippen LogP contribution >= 0.6 is 11.3 Å². The zero-order valence-electron chi connectivity index (χ0n) is 9.26. The highest BCUT2D eigenvalue weighted by Crippen LogP contribution is 2.16. The molecule has 3 N–H and O–H groups in total. The number of nitrogens with one attached hydrogen (secondary N) is 1. The Morgan fingerprint density at radius 1 is 1.47 bits per heavy atom. The van der Waals surface area contributed by atoms with Crippen molar-refractivity contribution in [1.82, 2.24) is 5.32 Å². The number of hydrogen-bond donors (Lipinski definition) is 2. The van der Waals surface area contributed by atoms with Crippen LogP contribution in [-0.2, 0) is 11.2 Å². The van der Waals surface area contributed by atoms with Crippen molar-refractivity contribution in [3.05, 3.63) is 46.5 Å². The fourth-order valence-corrected chi connectivity index (χ4v) is 2.20. The van der Waals surface area contributed by atoms with Gasteiger partial charge in [-0.25, -0.2) is 0 Å². The predicted molar refractivity (Wildman–Crippen MR) is 66.7 cm³/mol. The molecule has 0 aliphatic carbocycles. The number of thiophene rings is 1. The van der Waals surface area contributed by atoms with Crippen LogP contribution in [0.4, 0.5) is 0 Å². The molecular weight excluding hydrogens is 236 g/mol.